The summed E-state index contributed by atoms with van der Waals surface area (Å²) in [4.78, 5) is -0.246. The molecule has 0 aliphatic rings. The first-order valence-electron chi connectivity index (χ1n) is 4.69. The highest BCUT2D eigenvalue weighted by atomic mass is 35.5. The van der Waals surface area contributed by atoms with Crippen LogP contribution in [0.4, 0.5) is 4.39 Å². The van der Waals surface area contributed by atoms with Gasteiger partial charge in [-0.25, -0.2) is 17.5 Å². The van der Waals surface area contributed by atoms with Crippen molar-refractivity contribution in [2.45, 2.75) is 11.0 Å². The van der Waals surface area contributed by atoms with Crippen LogP contribution >= 0.6 is 11.6 Å². The highest BCUT2D eigenvalue weighted by molar-refractivity contribution is 7.89. The van der Waals surface area contributed by atoms with Gasteiger partial charge in [0.15, 0.2) is 0 Å². The molecule has 1 rings (SSSR count). The quantitative estimate of drug-likeness (QED) is 0.713. The summed E-state index contributed by atoms with van der Waals surface area (Å²) in [6, 6.07) is 2.93. The van der Waals surface area contributed by atoms with Crippen LogP contribution < -0.4 is 10.5 Å². The van der Waals surface area contributed by atoms with Crippen LogP contribution in [0, 0.1) is 5.82 Å². The van der Waals surface area contributed by atoms with E-state index in [4.69, 9.17) is 22.4 Å². The molecule has 0 bridgehead atoms. The topological polar surface area (TPSA) is 92.4 Å². The smallest absolute Gasteiger partial charge is 0.242 e. The van der Waals surface area contributed by atoms with Crippen LogP contribution in [0.3, 0.4) is 0 Å². The molecule has 4 N–H and O–H groups in total. The van der Waals surface area contributed by atoms with Crippen molar-refractivity contribution < 1.29 is 17.9 Å². The molecule has 0 aliphatic heterocycles. The molecule has 0 spiro atoms. The fraction of sp³-hybridized carbons (Fsp3) is 0.333. The number of nitrogens with one attached hydrogen (secondary N) is 1. The molecular weight excluding hydrogens is 271 g/mol. The Balaban J connectivity index is 2.90. The third kappa shape index (κ3) is 3.90. The lowest BCUT2D eigenvalue weighted by atomic mass is 10.3. The Hall–Kier alpha value is -0.730. The van der Waals surface area contributed by atoms with Crippen LogP contribution in [0.5, 0.6) is 0 Å². The van der Waals surface area contributed by atoms with E-state index in [1.54, 1.807) is 0 Å². The largest absolute Gasteiger partial charge is 0.390 e. The Morgan fingerprint density at radius 1 is 1.53 bits per heavy atom. The molecule has 0 heterocycles. The van der Waals surface area contributed by atoms with Gasteiger partial charge in [-0.05, 0) is 18.2 Å². The fourth-order valence-electron chi connectivity index (χ4n) is 1.06. The molecule has 1 unspecified atom stereocenters. The summed E-state index contributed by atoms with van der Waals surface area (Å²) in [5, 5.41) is 8.91. The van der Waals surface area contributed by atoms with Crippen molar-refractivity contribution >= 4 is 21.6 Å². The Morgan fingerprint density at radius 3 is 2.71 bits per heavy atom. The molecule has 96 valence electrons. The first-order chi connectivity index (χ1) is 7.86. The van der Waals surface area contributed by atoms with Crippen molar-refractivity contribution in [2.24, 2.45) is 5.73 Å². The SMILES string of the molecule is NCC(O)CNS(=O)(=O)c1ccc(F)cc1Cl. The summed E-state index contributed by atoms with van der Waals surface area (Å²) in [5.41, 5.74) is 5.13. The number of hydrogen-bond donors (Lipinski definition) is 3. The molecule has 1 aromatic rings. The lowest BCUT2D eigenvalue weighted by molar-refractivity contribution is 0.186. The third-order valence-corrected chi connectivity index (χ3v) is 3.87. The number of halogens is 2. The maximum Gasteiger partial charge on any atom is 0.242 e. The molecule has 1 aromatic carbocycles. The summed E-state index contributed by atoms with van der Waals surface area (Å²) in [6.07, 6.45) is -0.982. The predicted molar refractivity (Wildman–Crippen MR) is 61.7 cm³/mol. The Bertz CT molecular complexity index is 495. The zero-order valence-electron chi connectivity index (χ0n) is 8.73. The minimum atomic E-state index is -3.88. The minimum absolute atomic E-state index is 0.0698. The van der Waals surface area contributed by atoms with Gasteiger partial charge in [-0.1, -0.05) is 11.6 Å². The zero-order chi connectivity index (χ0) is 13.1. The molecule has 0 saturated carbocycles. The van der Waals surface area contributed by atoms with E-state index in [-0.39, 0.29) is 23.0 Å². The fourth-order valence-corrected chi connectivity index (χ4v) is 2.66. The first kappa shape index (κ1) is 14.3. The third-order valence-electron chi connectivity index (χ3n) is 1.96. The Kier molecular flexibility index (Phi) is 4.84. The number of hydrogen-bond acceptors (Lipinski definition) is 4. The number of aliphatic hydroxyl groups excluding tert-OH is 1. The summed E-state index contributed by atoms with van der Waals surface area (Å²) in [5.74, 6) is -0.629. The second kappa shape index (κ2) is 5.74. The summed E-state index contributed by atoms with van der Waals surface area (Å²) in [7, 11) is -3.88. The lowest BCUT2D eigenvalue weighted by Crippen LogP contribution is -2.36. The second-order valence-electron chi connectivity index (χ2n) is 3.32. The van der Waals surface area contributed by atoms with E-state index in [0.717, 1.165) is 18.2 Å². The molecule has 0 fully saturated rings. The number of rotatable bonds is 5. The second-order valence-corrected chi connectivity index (χ2v) is 5.46. The Morgan fingerprint density at radius 2 is 2.18 bits per heavy atom. The Labute approximate surface area is 103 Å². The zero-order valence-corrected chi connectivity index (χ0v) is 10.3. The van der Waals surface area contributed by atoms with Gasteiger partial charge in [0, 0.05) is 13.1 Å². The molecule has 17 heavy (non-hydrogen) atoms. The van der Waals surface area contributed by atoms with Crippen molar-refractivity contribution in [2.75, 3.05) is 13.1 Å². The number of sulfonamides is 1. The van der Waals surface area contributed by atoms with Crippen molar-refractivity contribution in [1.29, 1.82) is 0 Å². The first-order valence-corrected chi connectivity index (χ1v) is 6.56. The van der Waals surface area contributed by atoms with Crippen molar-refractivity contribution in [3.8, 4) is 0 Å². The number of nitrogens with two attached hydrogens (primary N) is 1. The molecule has 5 nitrogen and oxygen atoms in total. The normalized spacial score (nSPS) is 13.6. The number of benzene rings is 1. The number of aliphatic hydroxyl groups is 1. The van der Waals surface area contributed by atoms with Crippen LogP contribution in [-0.2, 0) is 10.0 Å². The summed E-state index contributed by atoms with van der Waals surface area (Å²) >= 11 is 5.62. The van der Waals surface area contributed by atoms with Gasteiger partial charge in [0.2, 0.25) is 10.0 Å². The standard InChI is InChI=1S/C9H12ClFN2O3S/c10-8-3-6(11)1-2-9(8)17(15,16)13-5-7(14)4-12/h1-3,7,13-14H,4-5,12H2. The maximum absolute atomic E-state index is 12.7. The van der Waals surface area contributed by atoms with E-state index < -0.39 is 21.9 Å². The van der Waals surface area contributed by atoms with Crippen molar-refractivity contribution in [3.05, 3.63) is 29.0 Å². The van der Waals surface area contributed by atoms with Gasteiger partial charge < -0.3 is 10.8 Å². The van der Waals surface area contributed by atoms with Crippen molar-refractivity contribution in [3.63, 3.8) is 0 Å². The van der Waals surface area contributed by atoms with Gasteiger partial charge in [-0.3, -0.25) is 0 Å². The summed E-state index contributed by atoms with van der Waals surface area (Å²) in [6.45, 7) is -0.299. The van der Waals surface area contributed by atoms with Gasteiger partial charge in [0.05, 0.1) is 11.1 Å². The van der Waals surface area contributed by atoms with Crippen LogP contribution in [0.1, 0.15) is 0 Å². The van der Waals surface area contributed by atoms with Crippen LogP contribution in [0.25, 0.3) is 0 Å². The molecule has 1 atom stereocenters. The lowest BCUT2D eigenvalue weighted by Gasteiger charge is -2.11. The average molecular weight is 283 g/mol. The van der Waals surface area contributed by atoms with Gasteiger partial charge >= 0.3 is 0 Å². The van der Waals surface area contributed by atoms with Crippen LogP contribution in [0.2, 0.25) is 5.02 Å². The van der Waals surface area contributed by atoms with E-state index in [9.17, 15) is 12.8 Å². The summed E-state index contributed by atoms with van der Waals surface area (Å²) < 4.78 is 38.3. The van der Waals surface area contributed by atoms with Crippen molar-refractivity contribution in [1.82, 2.24) is 4.72 Å². The molecule has 8 heteroatoms. The van der Waals surface area contributed by atoms with E-state index in [2.05, 4.69) is 4.72 Å². The minimum Gasteiger partial charge on any atom is -0.390 e. The maximum atomic E-state index is 12.7. The molecular formula is C9H12ClFN2O3S. The van der Waals surface area contributed by atoms with E-state index in [0.29, 0.717) is 0 Å². The average Bonchev–Trinajstić information content (AvgIpc) is 2.25. The van der Waals surface area contributed by atoms with Crippen LogP contribution in [0.15, 0.2) is 23.1 Å². The molecule has 0 aliphatic carbocycles. The van der Waals surface area contributed by atoms with Crippen LogP contribution in [-0.4, -0.2) is 32.7 Å². The molecule has 0 amide bonds. The van der Waals surface area contributed by atoms with Gasteiger partial charge in [-0.15, -0.1) is 0 Å². The molecule has 0 radical (unpaired) electrons. The highest BCUT2D eigenvalue weighted by Crippen LogP contribution is 2.21. The van der Waals surface area contributed by atoms with Gasteiger partial charge in [0.1, 0.15) is 10.7 Å². The van der Waals surface area contributed by atoms with E-state index >= 15 is 0 Å². The molecule has 0 aromatic heterocycles. The van der Waals surface area contributed by atoms with Gasteiger partial charge in [0.25, 0.3) is 0 Å². The molecule has 0 saturated heterocycles. The van der Waals surface area contributed by atoms with E-state index in [1.165, 1.54) is 0 Å². The van der Waals surface area contributed by atoms with Gasteiger partial charge in [-0.2, -0.15) is 0 Å². The predicted octanol–water partition coefficient (Wildman–Crippen LogP) is 0.0770. The highest BCUT2D eigenvalue weighted by Gasteiger charge is 2.18. The monoisotopic (exact) mass is 282 g/mol. The van der Waals surface area contributed by atoms with E-state index in [1.807, 2.05) is 0 Å².